The molecular weight excluding hydrogens is 280 g/mol. The minimum absolute atomic E-state index is 0.389. The second-order valence-corrected chi connectivity index (χ2v) is 5.58. The van der Waals surface area contributed by atoms with Crippen LogP contribution >= 0.6 is 11.6 Å². The number of halogens is 1. The summed E-state index contributed by atoms with van der Waals surface area (Å²) in [7, 11) is 0. The Morgan fingerprint density at radius 1 is 1.30 bits per heavy atom. The van der Waals surface area contributed by atoms with E-state index in [-0.39, 0.29) is 0 Å². The molecule has 1 spiro atoms. The highest BCUT2D eigenvalue weighted by Crippen LogP contribution is 2.44. The first-order valence-corrected chi connectivity index (χ1v) is 6.99. The maximum atomic E-state index is 11.5. The summed E-state index contributed by atoms with van der Waals surface area (Å²) in [6.45, 7) is 3.90. The minimum Gasteiger partial charge on any atom is -0.458 e. The van der Waals surface area contributed by atoms with Crippen LogP contribution in [0.1, 0.15) is 25.7 Å². The summed E-state index contributed by atoms with van der Waals surface area (Å²) >= 11 is 5.83. The maximum Gasteiger partial charge on any atom is 0.509 e. The number of benzene rings is 1. The second kappa shape index (κ2) is 5.02. The van der Waals surface area contributed by atoms with Gasteiger partial charge in [0.05, 0.1) is 0 Å². The van der Waals surface area contributed by atoms with Crippen LogP contribution in [-0.2, 0) is 9.47 Å². The molecule has 2 aliphatic rings. The lowest BCUT2D eigenvalue weighted by molar-refractivity contribution is 0.0362. The summed E-state index contributed by atoms with van der Waals surface area (Å²) in [5, 5.41) is 0.630. The van der Waals surface area contributed by atoms with E-state index in [9.17, 15) is 4.79 Å². The molecule has 5 heteroatoms. The van der Waals surface area contributed by atoms with Crippen molar-refractivity contribution in [3.63, 3.8) is 0 Å². The molecule has 2 fully saturated rings. The number of ether oxygens (including phenoxy) is 3. The van der Waals surface area contributed by atoms with Gasteiger partial charge in [0, 0.05) is 5.02 Å². The van der Waals surface area contributed by atoms with E-state index in [1.807, 2.05) is 0 Å². The Bertz CT molecular complexity index is 531. The molecule has 1 aliphatic carbocycles. The second-order valence-electron chi connectivity index (χ2n) is 5.14. The standard InChI is InChI=1S/C15H15ClO4/c1-10(18-12-6-4-11(16)5-7-12)13-15(8-2-3-9-15)20-14(17)19-13/h4-7,13H,1-3,8-9H2. The van der Waals surface area contributed by atoms with Crippen molar-refractivity contribution in [3.8, 4) is 5.75 Å². The fraction of sp³-hybridized carbons (Fsp3) is 0.400. The van der Waals surface area contributed by atoms with Crippen LogP contribution in [0.4, 0.5) is 4.79 Å². The first kappa shape index (κ1) is 13.3. The largest absolute Gasteiger partial charge is 0.509 e. The molecular formula is C15H15ClO4. The van der Waals surface area contributed by atoms with Gasteiger partial charge in [-0.1, -0.05) is 18.2 Å². The van der Waals surface area contributed by atoms with Gasteiger partial charge in [0.25, 0.3) is 0 Å². The summed E-state index contributed by atoms with van der Waals surface area (Å²) in [5.41, 5.74) is -0.597. The van der Waals surface area contributed by atoms with E-state index in [4.69, 9.17) is 25.8 Å². The fourth-order valence-corrected chi connectivity index (χ4v) is 2.98. The average molecular weight is 295 g/mol. The van der Waals surface area contributed by atoms with Crippen molar-refractivity contribution < 1.29 is 19.0 Å². The van der Waals surface area contributed by atoms with Gasteiger partial charge in [0.2, 0.25) is 6.10 Å². The van der Waals surface area contributed by atoms with Crippen LogP contribution in [-0.4, -0.2) is 17.9 Å². The van der Waals surface area contributed by atoms with Crippen LogP contribution in [0.5, 0.6) is 5.75 Å². The Kier molecular flexibility index (Phi) is 3.34. The average Bonchev–Trinajstić information content (AvgIpc) is 3.00. The van der Waals surface area contributed by atoms with E-state index in [2.05, 4.69) is 6.58 Å². The zero-order valence-corrected chi connectivity index (χ0v) is 11.7. The molecule has 0 bridgehead atoms. The molecule has 1 heterocycles. The van der Waals surface area contributed by atoms with Crippen molar-refractivity contribution in [2.75, 3.05) is 0 Å². The molecule has 0 radical (unpaired) electrons. The molecule has 1 aromatic rings. The molecule has 1 aromatic carbocycles. The van der Waals surface area contributed by atoms with Crippen LogP contribution in [0.2, 0.25) is 5.02 Å². The van der Waals surface area contributed by atoms with Crippen molar-refractivity contribution in [2.45, 2.75) is 37.4 Å². The Morgan fingerprint density at radius 2 is 1.95 bits per heavy atom. The number of rotatable bonds is 3. The third-order valence-electron chi connectivity index (χ3n) is 3.78. The first-order chi connectivity index (χ1) is 9.59. The molecule has 0 N–H and O–H groups in total. The van der Waals surface area contributed by atoms with Gasteiger partial charge in [-0.3, -0.25) is 0 Å². The first-order valence-electron chi connectivity index (χ1n) is 6.61. The highest BCUT2D eigenvalue weighted by atomic mass is 35.5. The Morgan fingerprint density at radius 3 is 2.60 bits per heavy atom. The zero-order valence-electron chi connectivity index (χ0n) is 10.9. The number of cyclic esters (lactones) is 1. The van der Waals surface area contributed by atoms with E-state index in [0.717, 1.165) is 25.7 Å². The van der Waals surface area contributed by atoms with Gasteiger partial charge >= 0.3 is 6.16 Å². The van der Waals surface area contributed by atoms with E-state index in [0.29, 0.717) is 16.5 Å². The molecule has 20 heavy (non-hydrogen) atoms. The Labute approximate surface area is 122 Å². The summed E-state index contributed by atoms with van der Waals surface area (Å²) in [6, 6.07) is 6.94. The molecule has 106 valence electrons. The Balaban J connectivity index is 1.76. The van der Waals surface area contributed by atoms with E-state index < -0.39 is 17.9 Å². The molecule has 1 saturated carbocycles. The lowest BCUT2D eigenvalue weighted by atomic mass is 9.94. The van der Waals surface area contributed by atoms with Gasteiger partial charge in [-0.05, 0) is 49.9 Å². The predicted octanol–water partition coefficient (Wildman–Crippen LogP) is 4.08. The summed E-state index contributed by atoms with van der Waals surface area (Å²) in [4.78, 5) is 11.5. The predicted molar refractivity (Wildman–Crippen MR) is 73.8 cm³/mol. The lowest BCUT2D eigenvalue weighted by Gasteiger charge is -2.26. The quantitative estimate of drug-likeness (QED) is 0.622. The van der Waals surface area contributed by atoms with Crippen LogP contribution in [0.25, 0.3) is 0 Å². The zero-order chi connectivity index (χ0) is 14.2. The van der Waals surface area contributed by atoms with Gasteiger partial charge < -0.3 is 14.2 Å². The molecule has 1 atom stereocenters. The molecule has 3 rings (SSSR count). The van der Waals surface area contributed by atoms with Gasteiger partial charge in [0.15, 0.2) is 5.60 Å². The molecule has 1 aliphatic heterocycles. The van der Waals surface area contributed by atoms with E-state index >= 15 is 0 Å². The monoisotopic (exact) mass is 294 g/mol. The topological polar surface area (TPSA) is 44.8 Å². The molecule has 4 nitrogen and oxygen atoms in total. The van der Waals surface area contributed by atoms with Gasteiger partial charge in [-0.2, -0.15) is 0 Å². The van der Waals surface area contributed by atoms with Crippen LogP contribution < -0.4 is 4.74 Å². The van der Waals surface area contributed by atoms with Gasteiger partial charge in [-0.15, -0.1) is 0 Å². The van der Waals surface area contributed by atoms with Crippen LogP contribution in [0.3, 0.4) is 0 Å². The lowest BCUT2D eigenvalue weighted by Crippen LogP contribution is -2.39. The molecule has 1 unspecified atom stereocenters. The highest BCUT2D eigenvalue weighted by Gasteiger charge is 2.54. The maximum absolute atomic E-state index is 11.5. The highest BCUT2D eigenvalue weighted by molar-refractivity contribution is 6.30. The third-order valence-corrected chi connectivity index (χ3v) is 4.04. The summed E-state index contributed by atoms with van der Waals surface area (Å²) in [6.07, 6.45) is 2.41. The number of hydrogen-bond acceptors (Lipinski definition) is 4. The third kappa shape index (κ3) is 2.36. The van der Waals surface area contributed by atoms with Crippen molar-refractivity contribution >= 4 is 17.8 Å². The van der Waals surface area contributed by atoms with Crippen LogP contribution in [0, 0.1) is 0 Å². The van der Waals surface area contributed by atoms with E-state index in [1.54, 1.807) is 24.3 Å². The van der Waals surface area contributed by atoms with Crippen molar-refractivity contribution in [1.82, 2.24) is 0 Å². The number of carbonyl (C=O) groups excluding carboxylic acids is 1. The number of hydrogen-bond donors (Lipinski definition) is 0. The van der Waals surface area contributed by atoms with Crippen molar-refractivity contribution in [1.29, 1.82) is 0 Å². The molecule has 0 amide bonds. The summed E-state index contributed by atoms with van der Waals surface area (Å²) < 4.78 is 16.3. The molecule has 1 saturated heterocycles. The van der Waals surface area contributed by atoms with Gasteiger partial charge in [-0.25, -0.2) is 4.79 Å². The van der Waals surface area contributed by atoms with Gasteiger partial charge in [0.1, 0.15) is 11.5 Å². The molecule has 0 aromatic heterocycles. The van der Waals surface area contributed by atoms with E-state index in [1.165, 1.54) is 0 Å². The minimum atomic E-state index is -0.641. The van der Waals surface area contributed by atoms with Crippen molar-refractivity contribution in [2.24, 2.45) is 0 Å². The summed E-state index contributed by atoms with van der Waals surface area (Å²) in [5.74, 6) is 0.996. The fourth-order valence-electron chi connectivity index (χ4n) is 2.85. The smallest absolute Gasteiger partial charge is 0.458 e. The SMILES string of the molecule is C=C(Oc1ccc(Cl)cc1)C1OC(=O)OC12CCCC2. The van der Waals surface area contributed by atoms with Crippen molar-refractivity contribution in [3.05, 3.63) is 41.6 Å². The van der Waals surface area contributed by atoms with Crippen LogP contribution in [0.15, 0.2) is 36.6 Å². The normalized spacial score (nSPS) is 23.4. The number of carbonyl (C=O) groups is 1. The Hall–Kier alpha value is -1.68.